The molecule has 0 fully saturated rings. The first kappa shape index (κ1) is 15.3. The zero-order valence-electron chi connectivity index (χ0n) is 11.3. The Labute approximate surface area is 112 Å². The van der Waals surface area contributed by atoms with Gasteiger partial charge in [0, 0.05) is 26.4 Å². The van der Waals surface area contributed by atoms with Gasteiger partial charge in [-0.05, 0) is 18.6 Å². The van der Waals surface area contributed by atoms with Crippen LogP contribution in [0.4, 0.5) is 11.4 Å². The highest BCUT2D eigenvalue weighted by Crippen LogP contribution is 2.23. The van der Waals surface area contributed by atoms with Gasteiger partial charge in [-0.25, -0.2) is 0 Å². The van der Waals surface area contributed by atoms with Crippen LogP contribution in [0.15, 0.2) is 18.2 Å². The van der Waals surface area contributed by atoms with Crippen molar-refractivity contribution in [1.82, 2.24) is 0 Å². The maximum Gasteiger partial charge on any atom is 0.250 e. The Kier molecular flexibility index (Phi) is 6.70. The Morgan fingerprint density at radius 2 is 2.11 bits per heavy atom. The molecule has 0 bridgehead atoms. The van der Waals surface area contributed by atoms with E-state index in [0.717, 1.165) is 6.42 Å². The van der Waals surface area contributed by atoms with Gasteiger partial charge in [-0.2, -0.15) is 0 Å². The smallest absolute Gasteiger partial charge is 0.250 e. The fourth-order valence-corrected chi connectivity index (χ4v) is 1.44. The van der Waals surface area contributed by atoms with Crippen molar-refractivity contribution in [1.29, 1.82) is 0 Å². The van der Waals surface area contributed by atoms with E-state index in [2.05, 4.69) is 5.32 Å². The maximum atomic E-state index is 11.6. The van der Waals surface area contributed by atoms with E-state index in [4.69, 9.17) is 19.9 Å². The van der Waals surface area contributed by atoms with Crippen LogP contribution in [0.3, 0.4) is 0 Å². The fourth-order valence-electron chi connectivity index (χ4n) is 1.44. The number of methoxy groups -OCH3 is 2. The van der Waals surface area contributed by atoms with Crippen LogP contribution >= 0.6 is 0 Å². The van der Waals surface area contributed by atoms with Crippen molar-refractivity contribution in [3.63, 3.8) is 0 Å². The molecule has 1 amide bonds. The standard InChI is InChI=1S/C13H20N2O4/c1-17-6-3-7-19-9-13(16)15-12-5-4-10(18-2)8-11(12)14/h4-5,8H,3,6-7,9,14H2,1-2H3,(H,15,16). The Morgan fingerprint density at radius 1 is 1.32 bits per heavy atom. The molecule has 0 saturated carbocycles. The first-order chi connectivity index (χ1) is 9.17. The Balaban J connectivity index is 2.36. The molecule has 0 spiro atoms. The van der Waals surface area contributed by atoms with Crippen LogP contribution in [0, 0.1) is 0 Å². The van der Waals surface area contributed by atoms with Crippen molar-refractivity contribution in [2.45, 2.75) is 6.42 Å². The van der Waals surface area contributed by atoms with Crippen LogP contribution in [-0.2, 0) is 14.3 Å². The summed E-state index contributed by atoms with van der Waals surface area (Å²) in [5.41, 5.74) is 6.79. The van der Waals surface area contributed by atoms with Gasteiger partial charge in [0.15, 0.2) is 0 Å². The minimum absolute atomic E-state index is 0.00478. The molecule has 0 atom stereocenters. The lowest BCUT2D eigenvalue weighted by Crippen LogP contribution is -2.19. The molecule has 6 heteroatoms. The number of carbonyl (C=O) groups excluding carboxylic acids is 1. The van der Waals surface area contributed by atoms with Crippen molar-refractivity contribution < 1.29 is 19.0 Å². The van der Waals surface area contributed by atoms with Crippen molar-refractivity contribution >= 4 is 17.3 Å². The van der Waals surface area contributed by atoms with Crippen molar-refractivity contribution in [3.05, 3.63) is 18.2 Å². The van der Waals surface area contributed by atoms with E-state index < -0.39 is 0 Å². The van der Waals surface area contributed by atoms with E-state index in [9.17, 15) is 4.79 Å². The van der Waals surface area contributed by atoms with Crippen LogP contribution in [0.1, 0.15) is 6.42 Å². The van der Waals surface area contributed by atoms with Crippen LogP contribution in [0.5, 0.6) is 5.75 Å². The molecule has 3 N–H and O–H groups in total. The van der Waals surface area contributed by atoms with Crippen LogP contribution in [0.25, 0.3) is 0 Å². The second-order valence-corrected chi connectivity index (χ2v) is 3.90. The highest BCUT2D eigenvalue weighted by atomic mass is 16.5. The van der Waals surface area contributed by atoms with Crippen molar-refractivity contribution in [2.24, 2.45) is 0 Å². The summed E-state index contributed by atoms with van der Waals surface area (Å²) < 4.78 is 15.1. The van der Waals surface area contributed by atoms with E-state index in [1.807, 2.05) is 0 Å². The zero-order chi connectivity index (χ0) is 14.1. The molecular weight excluding hydrogens is 248 g/mol. The largest absolute Gasteiger partial charge is 0.497 e. The number of benzene rings is 1. The average Bonchev–Trinajstić information content (AvgIpc) is 2.41. The topological polar surface area (TPSA) is 82.8 Å². The molecule has 1 aromatic carbocycles. The monoisotopic (exact) mass is 268 g/mol. The van der Waals surface area contributed by atoms with Gasteiger partial charge in [-0.15, -0.1) is 0 Å². The summed E-state index contributed by atoms with van der Waals surface area (Å²) in [6.07, 6.45) is 0.758. The molecular formula is C13H20N2O4. The lowest BCUT2D eigenvalue weighted by molar-refractivity contribution is -0.120. The van der Waals surface area contributed by atoms with Gasteiger partial charge >= 0.3 is 0 Å². The second-order valence-electron chi connectivity index (χ2n) is 3.90. The van der Waals surface area contributed by atoms with Crippen LogP contribution < -0.4 is 15.8 Å². The molecule has 106 valence electrons. The molecule has 0 aliphatic heterocycles. The van der Waals surface area contributed by atoms with Crippen molar-refractivity contribution in [2.75, 3.05) is 45.1 Å². The highest BCUT2D eigenvalue weighted by molar-refractivity contribution is 5.94. The molecule has 0 aromatic heterocycles. The van der Waals surface area contributed by atoms with Gasteiger partial charge in [0.2, 0.25) is 5.91 Å². The van der Waals surface area contributed by atoms with Gasteiger partial charge in [0.1, 0.15) is 12.4 Å². The number of nitrogen functional groups attached to an aromatic ring is 1. The van der Waals surface area contributed by atoms with E-state index >= 15 is 0 Å². The molecule has 0 aliphatic rings. The first-order valence-corrected chi connectivity index (χ1v) is 5.97. The molecule has 1 rings (SSSR count). The zero-order valence-corrected chi connectivity index (χ0v) is 11.3. The average molecular weight is 268 g/mol. The summed E-state index contributed by atoms with van der Waals surface area (Å²) in [5.74, 6) is 0.403. The number of rotatable bonds is 8. The predicted molar refractivity (Wildman–Crippen MR) is 73.3 cm³/mol. The Bertz CT molecular complexity index is 410. The molecule has 0 heterocycles. The summed E-state index contributed by atoms with van der Waals surface area (Å²) in [7, 11) is 3.18. The molecule has 0 radical (unpaired) electrons. The fraction of sp³-hybridized carbons (Fsp3) is 0.462. The highest BCUT2D eigenvalue weighted by Gasteiger charge is 2.06. The minimum atomic E-state index is -0.241. The second kappa shape index (κ2) is 8.34. The maximum absolute atomic E-state index is 11.6. The summed E-state index contributed by atoms with van der Waals surface area (Å²) >= 11 is 0. The van der Waals surface area contributed by atoms with E-state index in [1.54, 1.807) is 32.4 Å². The number of nitrogens with two attached hydrogens (primary N) is 1. The quantitative estimate of drug-likeness (QED) is 0.548. The number of carbonyl (C=O) groups is 1. The van der Waals surface area contributed by atoms with Crippen LogP contribution in [-0.4, -0.2) is 39.9 Å². The summed E-state index contributed by atoms with van der Waals surface area (Å²) in [6, 6.07) is 5.07. The van der Waals surface area contributed by atoms with Crippen LogP contribution in [0.2, 0.25) is 0 Å². The summed E-state index contributed by atoms with van der Waals surface area (Å²) in [6.45, 7) is 1.10. The molecule has 0 aliphatic carbocycles. The van der Waals surface area contributed by atoms with Gasteiger partial charge < -0.3 is 25.3 Å². The van der Waals surface area contributed by atoms with E-state index in [0.29, 0.717) is 30.3 Å². The summed E-state index contributed by atoms with van der Waals surface area (Å²) in [5, 5.41) is 2.68. The molecule has 1 aromatic rings. The molecule has 0 saturated heterocycles. The van der Waals surface area contributed by atoms with Gasteiger partial charge in [-0.3, -0.25) is 4.79 Å². The predicted octanol–water partition coefficient (Wildman–Crippen LogP) is 1.27. The van der Waals surface area contributed by atoms with E-state index in [-0.39, 0.29) is 12.5 Å². The molecule has 0 unspecified atom stereocenters. The Hall–Kier alpha value is -1.79. The minimum Gasteiger partial charge on any atom is -0.497 e. The number of hydrogen-bond donors (Lipinski definition) is 2. The number of hydrogen-bond acceptors (Lipinski definition) is 5. The summed E-state index contributed by atoms with van der Waals surface area (Å²) in [4.78, 5) is 11.6. The number of anilines is 2. The third-order valence-electron chi connectivity index (χ3n) is 2.40. The third-order valence-corrected chi connectivity index (χ3v) is 2.40. The number of amides is 1. The molecule has 6 nitrogen and oxygen atoms in total. The van der Waals surface area contributed by atoms with Gasteiger partial charge in [0.25, 0.3) is 0 Å². The lowest BCUT2D eigenvalue weighted by Gasteiger charge is -2.10. The third kappa shape index (κ3) is 5.58. The normalized spacial score (nSPS) is 10.2. The van der Waals surface area contributed by atoms with Gasteiger partial charge in [-0.1, -0.05) is 0 Å². The Morgan fingerprint density at radius 3 is 2.74 bits per heavy atom. The number of ether oxygens (including phenoxy) is 3. The van der Waals surface area contributed by atoms with E-state index in [1.165, 1.54) is 0 Å². The SMILES string of the molecule is COCCCOCC(=O)Nc1ccc(OC)cc1N. The van der Waals surface area contributed by atoms with Crippen molar-refractivity contribution in [3.8, 4) is 5.75 Å². The first-order valence-electron chi connectivity index (χ1n) is 5.97. The molecule has 19 heavy (non-hydrogen) atoms. The lowest BCUT2D eigenvalue weighted by atomic mass is 10.2. The van der Waals surface area contributed by atoms with Gasteiger partial charge in [0.05, 0.1) is 18.5 Å². The number of nitrogens with one attached hydrogen (secondary N) is 1.